The zero-order valence-electron chi connectivity index (χ0n) is 18.1. The maximum atomic E-state index is 13.3. The second kappa shape index (κ2) is 8.60. The highest BCUT2D eigenvalue weighted by Gasteiger charge is 2.26. The predicted molar refractivity (Wildman–Crippen MR) is 123 cm³/mol. The van der Waals surface area contributed by atoms with Gasteiger partial charge in [-0.25, -0.2) is 4.68 Å². The third kappa shape index (κ3) is 4.17. The van der Waals surface area contributed by atoms with E-state index in [1.807, 2.05) is 27.8 Å². The summed E-state index contributed by atoms with van der Waals surface area (Å²) in [6, 6.07) is 19.9. The molecule has 1 aromatic heterocycles. The molecule has 6 heteroatoms. The Hall–Kier alpha value is -3.43. The fourth-order valence-electron chi connectivity index (χ4n) is 4.43. The summed E-state index contributed by atoms with van der Waals surface area (Å²) in [5, 5.41) is 13.9. The standard InChI is InChI=1S/C26H27N5O/c27-16-18-4-6-21(7-5-18)25-15-24(26(32)30-14-2-1-3-22(28)17-30)29-31(25)23-12-10-20(11-13-23)19-8-9-19/h4-7,10-13,15,19,22H,1-3,8-9,14,17,28H2/t22-/m1/s1. The number of nitrogens with two attached hydrogens (primary N) is 1. The topological polar surface area (TPSA) is 87.9 Å². The number of nitriles is 1. The summed E-state index contributed by atoms with van der Waals surface area (Å²) in [5.74, 6) is 0.606. The molecule has 0 spiro atoms. The van der Waals surface area contributed by atoms with Crippen LogP contribution in [0, 0.1) is 11.3 Å². The van der Waals surface area contributed by atoms with E-state index in [0.29, 0.717) is 30.3 Å². The van der Waals surface area contributed by atoms with Crippen molar-refractivity contribution in [1.82, 2.24) is 14.7 Å². The molecule has 2 heterocycles. The number of rotatable bonds is 4. The zero-order chi connectivity index (χ0) is 22.1. The summed E-state index contributed by atoms with van der Waals surface area (Å²) in [6.45, 7) is 1.27. The Bertz CT molecular complexity index is 1150. The van der Waals surface area contributed by atoms with Gasteiger partial charge in [-0.1, -0.05) is 30.7 Å². The van der Waals surface area contributed by atoms with Crippen LogP contribution >= 0.6 is 0 Å². The Balaban J connectivity index is 1.53. The molecule has 2 N–H and O–H groups in total. The highest BCUT2D eigenvalue weighted by atomic mass is 16.2. The van der Waals surface area contributed by atoms with E-state index in [1.54, 1.807) is 12.1 Å². The Morgan fingerprint density at radius 1 is 1.03 bits per heavy atom. The number of hydrogen-bond donors (Lipinski definition) is 1. The van der Waals surface area contributed by atoms with Gasteiger partial charge in [-0.2, -0.15) is 10.4 Å². The van der Waals surface area contributed by atoms with Gasteiger partial charge < -0.3 is 10.6 Å². The molecule has 2 fully saturated rings. The molecule has 5 rings (SSSR count). The molecule has 6 nitrogen and oxygen atoms in total. The molecule has 1 saturated carbocycles. The van der Waals surface area contributed by atoms with Crippen LogP contribution < -0.4 is 5.73 Å². The van der Waals surface area contributed by atoms with Crippen LogP contribution in [0.3, 0.4) is 0 Å². The van der Waals surface area contributed by atoms with Gasteiger partial charge in [-0.3, -0.25) is 4.79 Å². The lowest BCUT2D eigenvalue weighted by Gasteiger charge is -2.21. The maximum Gasteiger partial charge on any atom is 0.274 e. The first-order valence-corrected chi connectivity index (χ1v) is 11.4. The number of hydrogen-bond acceptors (Lipinski definition) is 4. The number of benzene rings is 2. The van der Waals surface area contributed by atoms with Crippen LogP contribution in [0.2, 0.25) is 0 Å². The van der Waals surface area contributed by atoms with E-state index < -0.39 is 0 Å². The second-order valence-electron chi connectivity index (χ2n) is 8.89. The normalized spacial score (nSPS) is 18.8. The summed E-state index contributed by atoms with van der Waals surface area (Å²) in [4.78, 5) is 15.2. The number of nitrogens with zero attached hydrogens (tertiary/aromatic N) is 4. The molecule has 0 unspecified atom stereocenters. The zero-order valence-corrected chi connectivity index (χ0v) is 18.1. The van der Waals surface area contributed by atoms with Crippen molar-refractivity contribution >= 4 is 5.91 Å². The quantitative estimate of drug-likeness (QED) is 0.677. The van der Waals surface area contributed by atoms with Crippen molar-refractivity contribution < 1.29 is 4.79 Å². The minimum absolute atomic E-state index is 0.0106. The van der Waals surface area contributed by atoms with Crippen LogP contribution in [0.15, 0.2) is 54.6 Å². The summed E-state index contributed by atoms with van der Waals surface area (Å²) in [5.41, 5.74) is 11.2. The first-order valence-electron chi connectivity index (χ1n) is 11.4. The van der Waals surface area contributed by atoms with Crippen molar-refractivity contribution in [3.63, 3.8) is 0 Å². The van der Waals surface area contributed by atoms with Gasteiger partial charge in [-0.05, 0) is 67.5 Å². The van der Waals surface area contributed by atoms with E-state index in [2.05, 4.69) is 30.3 Å². The van der Waals surface area contributed by atoms with E-state index in [0.717, 1.165) is 36.2 Å². The lowest BCUT2D eigenvalue weighted by Crippen LogP contribution is -2.39. The van der Waals surface area contributed by atoms with Crippen LogP contribution in [0.1, 0.15) is 59.6 Å². The SMILES string of the molecule is N#Cc1ccc(-c2cc(C(=O)N3CCCC[C@@H](N)C3)nn2-c2ccc(C3CC3)cc2)cc1. The Labute approximate surface area is 188 Å². The number of carbonyl (C=O) groups is 1. The fraction of sp³-hybridized carbons (Fsp3) is 0.346. The summed E-state index contributed by atoms with van der Waals surface area (Å²) >= 11 is 0. The monoisotopic (exact) mass is 425 g/mol. The highest BCUT2D eigenvalue weighted by Crippen LogP contribution is 2.40. The van der Waals surface area contributed by atoms with Crippen molar-refractivity contribution in [2.45, 2.75) is 44.1 Å². The van der Waals surface area contributed by atoms with Gasteiger partial charge in [0.25, 0.3) is 5.91 Å². The van der Waals surface area contributed by atoms with Gasteiger partial charge in [0.1, 0.15) is 0 Å². The molecule has 32 heavy (non-hydrogen) atoms. The van der Waals surface area contributed by atoms with Gasteiger partial charge in [0.05, 0.1) is 23.0 Å². The van der Waals surface area contributed by atoms with Gasteiger partial charge in [0.15, 0.2) is 5.69 Å². The molecule has 1 saturated heterocycles. The predicted octanol–water partition coefficient (Wildman–Crippen LogP) is 4.24. The van der Waals surface area contributed by atoms with Crippen LogP contribution in [0.5, 0.6) is 0 Å². The minimum Gasteiger partial charge on any atom is -0.336 e. The lowest BCUT2D eigenvalue weighted by atomic mass is 10.1. The van der Waals surface area contributed by atoms with Crippen molar-refractivity contribution in [2.24, 2.45) is 5.73 Å². The number of amides is 1. The third-order valence-electron chi connectivity index (χ3n) is 6.42. The van der Waals surface area contributed by atoms with Gasteiger partial charge in [-0.15, -0.1) is 0 Å². The molecule has 3 aromatic rings. The van der Waals surface area contributed by atoms with Crippen LogP contribution in [-0.4, -0.2) is 39.7 Å². The minimum atomic E-state index is -0.0782. The van der Waals surface area contributed by atoms with E-state index >= 15 is 0 Å². The van der Waals surface area contributed by atoms with E-state index in [4.69, 9.17) is 16.1 Å². The maximum absolute atomic E-state index is 13.3. The van der Waals surface area contributed by atoms with Crippen molar-refractivity contribution in [3.8, 4) is 23.0 Å². The molecule has 1 amide bonds. The molecule has 0 bridgehead atoms. The Morgan fingerprint density at radius 3 is 2.47 bits per heavy atom. The summed E-state index contributed by atoms with van der Waals surface area (Å²) in [7, 11) is 0. The molecular formula is C26H27N5O. The van der Waals surface area contributed by atoms with Gasteiger partial charge in [0.2, 0.25) is 0 Å². The first kappa shape index (κ1) is 20.5. The smallest absolute Gasteiger partial charge is 0.274 e. The average Bonchev–Trinajstić information content (AvgIpc) is 3.62. The lowest BCUT2D eigenvalue weighted by molar-refractivity contribution is 0.0748. The third-order valence-corrected chi connectivity index (χ3v) is 6.42. The Morgan fingerprint density at radius 2 is 1.78 bits per heavy atom. The van der Waals surface area contributed by atoms with E-state index in [-0.39, 0.29) is 11.9 Å². The number of likely N-dealkylation sites (tertiary alicyclic amines) is 1. The highest BCUT2D eigenvalue weighted by molar-refractivity contribution is 5.93. The largest absolute Gasteiger partial charge is 0.336 e. The molecular weight excluding hydrogens is 398 g/mol. The molecule has 162 valence electrons. The van der Waals surface area contributed by atoms with E-state index in [9.17, 15) is 4.79 Å². The van der Waals surface area contributed by atoms with Crippen molar-refractivity contribution in [3.05, 3.63) is 71.4 Å². The number of aromatic nitrogens is 2. The van der Waals surface area contributed by atoms with Gasteiger partial charge >= 0.3 is 0 Å². The van der Waals surface area contributed by atoms with Gasteiger partial charge in [0, 0.05) is 24.7 Å². The van der Waals surface area contributed by atoms with Crippen LogP contribution in [-0.2, 0) is 0 Å². The molecule has 1 aliphatic heterocycles. The summed E-state index contributed by atoms with van der Waals surface area (Å²) < 4.78 is 1.84. The van der Waals surface area contributed by atoms with Crippen molar-refractivity contribution in [1.29, 1.82) is 5.26 Å². The molecule has 2 aliphatic rings. The average molecular weight is 426 g/mol. The van der Waals surface area contributed by atoms with Crippen LogP contribution in [0.4, 0.5) is 0 Å². The molecule has 1 aliphatic carbocycles. The first-order chi connectivity index (χ1) is 15.6. The number of carbonyl (C=O) groups excluding carboxylic acids is 1. The van der Waals surface area contributed by atoms with Crippen molar-refractivity contribution in [2.75, 3.05) is 13.1 Å². The summed E-state index contributed by atoms with van der Waals surface area (Å²) in [6.07, 6.45) is 5.47. The fourth-order valence-corrected chi connectivity index (χ4v) is 4.43. The molecule has 0 radical (unpaired) electrons. The van der Waals surface area contributed by atoms with E-state index in [1.165, 1.54) is 18.4 Å². The molecule has 1 atom stereocenters. The van der Waals surface area contributed by atoms with Crippen LogP contribution in [0.25, 0.3) is 16.9 Å². The Kier molecular flexibility index (Phi) is 5.50. The molecule has 2 aromatic carbocycles. The second-order valence-corrected chi connectivity index (χ2v) is 8.89.